The maximum Gasteiger partial charge on any atom is 0.490 e. The molecule has 0 aromatic heterocycles. The van der Waals surface area contributed by atoms with Gasteiger partial charge in [0.2, 0.25) is 11.8 Å². The Kier molecular flexibility index (Phi) is 10.7. The standard InChI is InChI=1S/C19H27N3O3.C2HF3O2/c1-3-4-11-20-18(24)16-6-5-12-22(13-16)19(25)15-7-9-17(10-8-15)21-14(2)23;3-2(4,5)1(6)7/h7-10,16H,3-6,11-13H2,1-2H3,(H,20,24)(H,21,23);(H,6,7). The zero-order valence-corrected chi connectivity index (χ0v) is 18.0. The number of nitrogens with one attached hydrogen (secondary N) is 2. The fraction of sp³-hybridized carbons (Fsp3) is 0.524. The van der Waals surface area contributed by atoms with E-state index in [0.29, 0.717) is 30.9 Å². The predicted octanol–water partition coefficient (Wildman–Crippen LogP) is 3.05. The van der Waals surface area contributed by atoms with Gasteiger partial charge in [0.15, 0.2) is 0 Å². The van der Waals surface area contributed by atoms with E-state index in [9.17, 15) is 27.6 Å². The van der Waals surface area contributed by atoms with Crippen LogP contribution in [-0.2, 0) is 14.4 Å². The van der Waals surface area contributed by atoms with Crippen molar-refractivity contribution >= 4 is 29.4 Å². The second-order valence-electron chi connectivity index (χ2n) is 7.30. The molecule has 3 N–H and O–H groups in total. The van der Waals surface area contributed by atoms with E-state index in [0.717, 1.165) is 25.7 Å². The molecular weight excluding hydrogens is 431 g/mol. The molecule has 0 radical (unpaired) electrons. The SMILES string of the molecule is CCCCNC(=O)C1CCCN(C(=O)c2ccc(NC(C)=O)cc2)C1.O=C(O)C(F)(F)F. The Hall–Kier alpha value is -3.11. The number of anilines is 1. The van der Waals surface area contributed by atoms with Crippen LogP contribution < -0.4 is 10.6 Å². The summed E-state index contributed by atoms with van der Waals surface area (Å²) in [7, 11) is 0. The van der Waals surface area contributed by atoms with Crippen LogP contribution in [0.25, 0.3) is 0 Å². The van der Waals surface area contributed by atoms with E-state index in [1.165, 1.54) is 6.92 Å². The summed E-state index contributed by atoms with van der Waals surface area (Å²) < 4.78 is 31.7. The van der Waals surface area contributed by atoms with Crippen molar-refractivity contribution in [2.75, 3.05) is 25.0 Å². The lowest BCUT2D eigenvalue weighted by Gasteiger charge is -2.32. The highest BCUT2D eigenvalue weighted by molar-refractivity contribution is 5.96. The molecule has 1 aromatic rings. The Morgan fingerprint density at radius 2 is 1.75 bits per heavy atom. The van der Waals surface area contributed by atoms with Gasteiger partial charge >= 0.3 is 12.1 Å². The molecular formula is C21H28F3N3O5. The Morgan fingerprint density at radius 3 is 2.25 bits per heavy atom. The van der Waals surface area contributed by atoms with Crippen molar-refractivity contribution in [3.8, 4) is 0 Å². The molecule has 178 valence electrons. The first-order valence-electron chi connectivity index (χ1n) is 10.2. The van der Waals surface area contributed by atoms with Crippen LogP contribution in [0.5, 0.6) is 0 Å². The number of rotatable bonds is 6. The van der Waals surface area contributed by atoms with Crippen molar-refractivity contribution < 1.29 is 37.5 Å². The summed E-state index contributed by atoms with van der Waals surface area (Å²) >= 11 is 0. The van der Waals surface area contributed by atoms with Crippen molar-refractivity contribution in [1.82, 2.24) is 10.2 Å². The average Bonchev–Trinajstić information content (AvgIpc) is 2.73. The number of hydrogen-bond acceptors (Lipinski definition) is 4. The zero-order valence-electron chi connectivity index (χ0n) is 18.0. The third-order valence-corrected chi connectivity index (χ3v) is 4.60. The van der Waals surface area contributed by atoms with Gasteiger partial charge in [-0.25, -0.2) is 4.79 Å². The Morgan fingerprint density at radius 1 is 1.16 bits per heavy atom. The van der Waals surface area contributed by atoms with Crippen LogP contribution in [-0.4, -0.2) is 59.5 Å². The van der Waals surface area contributed by atoms with E-state index in [1.807, 2.05) is 0 Å². The first kappa shape index (κ1) is 26.9. The number of carboxylic acids is 1. The minimum atomic E-state index is -5.08. The maximum absolute atomic E-state index is 12.7. The number of hydrogen-bond donors (Lipinski definition) is 3. The molecule has 0 aliphatic carbocycles. The monoisotopic (exact) mass is 459 g/mol. The maximum atomic E-state index is 12.7. The van der Waals surface area contributed by atoms with Crippen molar-refractivity contribution in [2.24, 2.45) is 5.92 Å². The van der Waals surface area contributed by atoms with Crippen LogP contribution in [0, 0.1) is 5.92 Å². The number of halogens is 3. The summed E-state index contributed by atoms with van der Waals surface area (Å²) in [5.74, 6) is -3.06. The lowest BCUT2D eigenvalue weighted by molar-refractivity contribution is -0.192. The van der Waals surface area contributed by atoms with Gasteiger partial charge in [0.05, 0.1) is 5.92 Å². The highest BCUT2D eigenvalue weighted by atomic mass is 19.4. The highest BCUT2D eigenvalue weighted by Gasteiger charge is 2.38. The van der Waals surface area contributed by atoms with Crippen molar-refractivity contribution in [3.63, 3.8) is 0 Å². The van der Waals surface area contributed by atoms with E-state index in [2.05, 4.69) is 17.6 Å². The molecule has 1 atom stereocenters. The summed E-state index contributed by atoms with van der Waals surface area (Å²) in [6.45, 7) is 5.36. The molecule has 32 heavy (non-hydrogen) atoms. The minimum absolute atomic E-state index is 0.0481. The highest BCUT2D eigenvalue weighted by Crippen LogP contribution is 2.20. The molecule has 1 aliphatic heterocycles. The third-order valence-electron chi connectivity index (χ3n) is 4.60. The van der Waals surface area contributed by atoms with E-state index < -0.39 is 12.1 Å². The molecule has 1 heterocycles. The second-order valence-corrected chi connectivity index (χ2v) is 7.30. The van der Waals surface area contributed by atoms with Crippen molar-refractivity contribution in [3.05, 3.63) is 29.8 Å². The van der Waals surface area contributed by atoms with E-state index in [-0.39, 0.29) is 23.6 Å². The molecule has 2 rings (SSSR count). The zero-order chi connectivity index (χ0) is 24.3. The number of nitrogens with zero attached hydrogens (tertiary/aromatic N) is 1. The van der Waals surface area contributed by atoms with Crippen LogP contribution in [0.15, 0.2) is 24.3 Å². The van der Waals surface area contributed by atoms with Gasteiger partial charge in [-0.15, -0.1) is 0 Å². The lowest BCUT2D eigenvalue weighted by Crippen LogP contribution is -2.45. The summed E-state index contributed by atoms with van der Waals surface area (Å²) in [5, 5.41) is 12.8. The number of likely N-dealkylation sites (tertiary alicyclic amines) is 1. The Labute approximate surface area is 184 Å². The molecule has 0 spiro atoms. The van der Waals surface area contributed by atoms with E-state index in [1.54, 1.807) is 29.2 Å². The normalized spacial score (nSPS) is 15.8. The van der Waals surface area contributed by atoms with Crippen LogP contribution in [0.1, 0.15) is 49.9 Å². The molecule has 0 bridgehead atoms. The van der Waals surface area contributed by atoms with Gasteiger partial charge in [0, 0.05) is 37.8 Å². The fourth-order valence-corrected chi connectivity index (χ4v) is 2.99. The first-order valence-corrected chi connectivity index (χ1v) is 10.2. The van der Waals surface area contributed by atoms with Crippen LogP contribution in [0.2, 0.25) is 0 Å². The van der Waals surface area contributed by atoms with Gasteiger partial charge in [-0.05, 0) is 43.5 Å². The Balaban J connectivity index is 0.000000633. The van der Waals surface area contributed by atoms with Gasteiger partial charge in [-0.2, -0.15) is 13.2 Å². The van der Waals surface area contributed by atoms with E-state index >= 15 is 0 Å². The molecule has 1 saturated heterocycles. The number of carboxylic acid groups (broad SMARTS) is 1. The average molecular weight is 459 g/mol. The molecule has 1 aliphatic rings. The van der Waals surface area contributed by atoms with Crippen molar-refractivity contribution in [2.45, 2.75) is 45.7 Å². The number of piperidine rings is 1. The summed E-state index contributed by atoms with van der Waals surface area (Å²) in [5.41, 5.74) is 1.23. The summed E-state index contributed by atoms with van der Waals surface area (Å²) in [6.07, 6.45) is -1.41. The number of aliphatic carboxylic acids is 1. The smallest absolute Gasteiger partial charge is 0.475 e. The molecule has 1 fully saturated rings. The van der Waals surface area contributed by atoms with E-state index in [4.69, 9.17) is 9.90 Å². The quantitative estimate of drug-likeness (QED) is 0.566. The number of unbranched alkanes of at least 4 members (excludes halogenated alkanes) is 1. The predicted molar refractivity (Wildman–Crippen MR) is 111 cm³/mol. The minimum Gasteiger partial charge on any atom is -0.475 e. The third kappa shape index (κ3) is 9.36. The molecule has 8 nitrogen and oxygen atoms in total. The number of carbonyl (C=O) groups excluding carboxylic acids is 3. The molecule has 11 heteroatoms. The number of benzene rings is 1. The molecule has 1 unspecified atom stereocenters. The Bertz CT molecular complexity index is 797. The molecule has 1 aromatic carbocycles. The summed E-state index contributed by atoms with van der Waals surface area (Å²) in [4.78, 5) is 46.6. The first-order chi connectivity index (χ1) is 15.0. The van der Waals surface area contributed by atoms with Crippen LogP contribution in [0.3, 0.4) is 0 Å². The molecule has 3 amide bonds. The number of alkyl halides is 3. The largest absolute Gasteiger partial charge is 0.490 e. The van der Waals surface area contributed by atoms with Gasteiger partial charge in [0.1, 0.15) is 0 Å². The van der Waals surface area contributed by atoms with Crippen LogP contribution in [0.4, 0.5) is 18.9 Å². The number of carbonyl (C=O) groups is 4. The van der Waals surface area contributed by atoms with Crippen LogP contribution >= 0.6 is 0 Å². The van der Waals surface area contributed by atoms with Gasteiger partial charge in [0.25, 0.3) is 5.91 Å². The fourth-order valence-electron chi connectivity index (χ4n) is 2.99. The van der Waals surface area contributed by atoms with Crippen molar-refractivity contribution in [1.29, 1.82) is 0 Å². The second kappa shape index (κ2) is 12.7. The van der Waals surface area contributed by atoms with Gasteiger partial charge in [-0.1, -0.05) is 13.3 Å². The lowest BCUT2D eigenvalue weighted by atomic mass is 9.96. The topological polar surface area (TPSA) is 116 Å². The van der Waals surface area contributed by atoms with Gasteiger partial charge in [-0.3, -0.25) is 14.4 Å². The van der Waals surface area contributed by atoms with Gasteiger partial charge < -0.3 is 20.6 Å². The molecule has 0 saturated carbocycles. The summed E-state index contributed by atoms with van der Waals surface area (Å²) in [6, 6.07) is 6.85. The number of amides is 3.